The molecular weight excluding hydrogens is 330 g/mol. The second-order valence-corrected chi connectivity index (χ2v) is 6.59. The number of hydrogen-bond acceptors (Lipinski definition) is 3. The fourth-order valence-corrected chi connectivity index (χ4v) is 3.04. The SMILES string of the molecule is Cc1ccc(OCC(=O)N2CCCN(C(=O)Cc3ccc[nH]3)CC2)cc1. The van der Waals surface area contributed by atoms with Crippen LogP contribution < -0.4 is 4.74 Å². The van der Waals surface area contributed by atoms with Gasteiger partial charge >= 0.3 is 0 Å². The van der Waals surface area contributed by atoms with E-state index in [0.717, 1.165) is 17.7 Å². The smallest absolute Gasteiger partial charge is 0.260 e. The molecule has 2 aromatic rings. The largest absolute Gasteiger partial charge is 0.484 e. The third-order valence-electron chi connectivity index (χ3n) is 4.59. The average Bonchev–Trinajstić information content (AvgIpc) is 3.02. The van der Waals surface area contributed by atoms with Crippen LogP contribution in [0.25, 0.3) is 0 Å². The summed E-state index contributed by atoms with van der Waals surface area (Å²) in [6.45, 7) is 4.49. The lowest BCUT2D eigenvalue weighted by atomic mass is 10.2. The molecule has 1 fully saturated rings. The zero-order valence-corrected chi connectivity index (χ0v) is 15.1. The van der Waals surface area contributed by atoms with E-state index in [1.165, 1.54) is 0 Å². The van der Waals surface area contributed by atoms with Crippen molar-refractivity contribution in [3.05, 3.63) is 53.9 Å². The summed E-state index contributed by atoms with van der Waals surface area (Å²) in [5.41, 5.74) is 2.07. The van der Waals surface area contributed by atoms with E-state index >= 15 is 0 Å². The van der Waals surface area contributed by atoms with Gasteiger partial charge in [-0.1, -0.05) is 17.7 Å². The molecule has 1 saturated heterocycles. The highest BCUT2D eigenvalue weighted by Gasteiger charge is 2.22. The van der Waals surface area contributed by atoms with Crippen molar-refractivity contribution in [2.45, 2.75) is 19.8 Å². The van der Waals surface area contributed by atoms with Crippen molar-refractivity contribution in [2.24, 2.45) is 0 Å². The van der Waals surface area contributed by atoms with Gasteiger partial charge in [0.25, 0.3) is 5.91 Å². The number of rotatable bonds is 5. The molecule has 1 aromatic carbocycles. The molecule has 1 aromatic heterocycles. The first-order chi connectivity index (χ1) is 12.6. The first-order valence-electron chi connectivity index (χ1n) is 8.99. The van der Waals surface area contributed by atoms with Gasteiger partial charge in [-0.2, -0.15) is 0 Å². The van der Waals surface area contributed by atoms with Gasteiger partial charge in [-0.05, 0) is 37.6 Å². The molecular formula is C20H25N3O3. The van der Waals surface area contributed by atoms with E-state index < -0.39 is 0 Å². The molecule has 0 spiro atoms. The number of aromatic amines is 1. The van der Waals surface area contributed by atoms with E-state index in [4.69, 9.17) is 4.74 Å². The zero-order chi connectivity index (χ0) is 18.4. The van der Waals surface area contributed by atoms with Crippen LogP contribution in [0.2, 0.25) is 0 Å². The second kappa shape index (κ2) is 8.56. The minimum Gasteiger partial charge on any atom is -0.484 e. The van der Waals surface area contributed by atoms with Gasteiger partial charge in [0.1, 0.15) is 5.75 Å². The summed E-state index contributed by atoms with van der Waals surface area (Å²) >= 11 is 0. The van der Waals surface area contributed by atoms with Gasteiger partial charge in [0.05, 0.1) is 6.42 Å². The highest BCUT2D eigenvalue weighted by atomic mass is 16.5. The highest BCUT2D eigenvalue weighted by molar-refractivity contribution is 5.79. The monoisotopic (exact) mass is 355 g/mol. The predicted octanol–water partition coefficient (Wildman–Crippen LogP) is 2.01. The number of aromatic nitrogens is 1. The van der Waals surface area contributed by atoms with Crippen molar-refractivity contribution >= 4 is 11.8 Å². The molecule has 3 rings (SSSR count). The third kappa shape index (κ3) is 4.88. The number of carbonyl (C=O) groups excluding carboxylic acids is 2. The van der Waals surface area contributed by atoms with Crippen LogP contribution in [0.4, 0.5) is 0 Å². The Labute approximate surface area is 153 Å². The van der Waals surface area contributed by atoms with E-state index in [-0.39, 0.29) is 18.4 Å². The number of aryl methyl sites for hydroxylation is 1. The van der Waals surface area contributed by atoms with E-state index in [1.54, 1.807) is 4.90 Å². The summed E-state index contributed by atoms with van der Waals surface area (Å²) in [5, 5.41) is 0. The normalized spacial score (nSPS) is 14.8. The summed E-state index contributed by atoms with van der Waals surface area (Å²) < 4.78 is 5.59. The molecule has 0 bridgehead atoms. The molecule has 2 heterocycles. The van der Waals surface area contributed by atoms with Crippen molar-refractivity contribution in [2.75, 3.05) is 32.8 Å². The lowest BCUT2D eigenvalue weighted by Gasteiger charge is -2.22. The predicted molar refractivity (Wildman–Crippen MR) is 98.9 cm³/mol. The van der Waals surface area contributed by atoms with Gasteiger partial charge in [0, 0.05) is 38.1 Å². The first-order valence-corrected chi connectivity index (χ1v) is 8.99. The molecule has 6 nitrogen and oxygen atoms in total. The lowest BCUT2D eigenvalue weighted by molar-refractivity contribution is -0.134. The van der Waals surface area contributed by atoms with Crippen LogP contribution in [-0.2, 0) is 16.0 Å². The Bertz CT molecular complexity index is 725. The third-order valence-corrected chi connectivity index (χ3v) is 4.59. The molecule has 1 N–H and O–H groups in total. The fourth-order valence-electron chi connectivity index (χ4n) is 3.04. The molecule has 0 saturated carbocycles. The number of hydrogen-bond donors (Lipinski definition) is 1. The quantitative estimate of drug-likeness (QED) is 0.892. The zero-order valence-electron chi connectivity index (χ0n) is 15.1. The minimum absolute atomic E-state index is 0.0273. The standard InChI is InChI=1S/C20H25N3O3/c1-16-5-7-18(8-6-16)26-15-20(25)23-11-3-10-22(12-13-23)19(24)14-17-4-2-9-21-17/h2,4-9,21H,3,10-15H2,1H3. The van der Waals surface area contributed by atoms with Crippen molar-refractivity contribution in [3.8, 4) is 5.75 Å². The lowest BCUT2D eigenvalue weighted by Crippen LogP contribution is -2.39. The minimum atomic E-state index is -0.0377. The maximum atomic E-state index is 12.4. The van der Waals surface area contributed by atoms with Crippen LogP contribution in [0.3, 0.4) is 0 Å². The Balaban J connectivity index is 1.47. The molecule has 1 aliphatic heterocycles. The van der Waals surface area contributed by atoms with Crippen LogP contribution in [0, 0.1) is 6.92 Å². The number of nitrogens with zero attached hydrogens (tertiary/aromatic N) is 2. The van der Waals surface area contributed by atoms with Gasteiger partial charge in [-0.25, -0.2) is 0 Å². The summed E-state index contributed by atoms with van der Waals surface area (Å²) in [4.78, 5) is 31.5. The summed E-state index contributed by atoms with van der Waals surface area (Å²) in [6, 6.07) is 11.4. The van der Waals surface area contributed by atoms with Gasteiger partial charge in [-0.15, -0.1) is 0 Å². The molecule has 26 heavy (non-hydrogen) atoms. The highest BCUT2D eigenvalue weighted by Crippen LogP contribution is 2.12. The Hall–Kier alpha value is -2.76. The number of ether oxygens (including phenoxy) is 1. The van der Waals surface area contributed by atoms with Crippen LogP contribution in [0.1, 0.15) is 17.7 Å². The van der Waals surface area contributed by atoms with Gasteiger partial charge in [0.15, 0.2) is 6.61 Å². The number of amides is 2. The molecule has 6 heteroatoms. The topological polar surface area (TPSA) is 65.6 Å². The number of benzene rings is 1. The average molecular weight is 355 g/mol. The van der Waals surface area contributed by atoms with E-state index in [2.05, 4.69) is 4.98 Å². The Morgan fingerprint density at radius 1 is 1.00 bits per heavy atom. The number of carbonyl (C=O) groups is 2. The molecule has 0 radical (unpaired) electrons. The van der Waals surface area contributed by atoms with Crippen molar-refractivity contribution in [1.82, 2.24) is 14.8 Å². The van der Waals surface area contributed by atoms with E-state index in [1.807, 2.05) is 54.4 Å². The van der Waals surface area contributed by atoms with Crippen molar-refractivity contribution in [3.63, 3.8) is 0 Å². The van der Waals surface area contributed by atoms with Crippen LogP contribution in [0.15, 0.2) is 42.6 Å². The number of H-pyrrole nitrogens is 1. The fraction of sp³-hybridized carbons (Fsp3) is 0.400. The van der Waals surface area contributed by atoms with Gasteiger partial charge in [0.2, 0.25) is 5.91 Å². The summed E-state index contributed by atoms with van der Waals surface area (Å²) in [5.74, 6) is 0.753. The van der Waals surface area contributed by atoms with Gasteiger partial charge < -0.3 is 19.5 Å². The van der Waals surface area contributed by atoms with Crippen LogP contribution in [-0.4, -0.2) is 59.4 Å². The molecule has 138 valence electrons. The maximum Gasteiger partial charge on any atom is 0.260 e. The maximum absolute atomic E-state index is 12.4. The molecule has 2 amide bonds. The number of nitrogens with one attached hydrogen (secondary N) is 1. The molecule has 1 aliphatic rings. The van der Waals surface area contributed by atoms with Crippen molar-refractivity contribution < 1.29 is 14.3 Å². The van der Waals surface area contributed by atoms with E-state index in [0.29, 0.717) is 38.3 Å². The second-order valence-electron chi connectivity index (χ2n) is 6.59. The summed E-state index contributed by atoms with van der Waals surface area (Å²) in [6.07, 6.45) is 2.98. The van der Waals surface area contributed by atoms with Gasteiger partial charge in [-0.3, -0.25) is 9.59 Å². The van der Waals surface area contributed by atoms with Crippen LogP contribution >= 0.6 is 0 Å². The molecule has 0 atom stereocenters. The molecule has 0 aliphatic carbocycles. The Kier molecular flexibility index (Phi) is 5.94. The summed E-state index contributed by atoms with van der Waals surface area (Å²) in [7, 11) is 0. The van der Waals surface area contributed by atoms with Crippen molar-refractivity contribution in [1.29, 1.82) is 0 Å². The Morgan fingerprint density at radius 2 is 1.69 bits per heavy atom. The van der Waals surface area contributed by atoms with Crippen LogP contribution in [0.5, 0.6) is 5.75 Å². The Morgan fingerprint density at radius 3 is 2.35 bits per heavy atom. The van der Waals surface area contributed by atoms with E-state index in [9.17, 15) is 9.59 Å². The molecule has 0 unspecified atom stereocenters. The first kappa shape index (κ1) is 18.0.